The highest BCUT2D eigenvalue weighted by Crippen LogP contribution is 2.18. The van der Waals surface area contributed by atoms with E-state index >= 15 is 0 Å². The van der Waals surface area contributed by atoms with Gasteiger partial charge in [-0.15, -0.1) is 0 Å². The Balaban J connectivity index is 2.05. The summed E-state index contributed by atoms with van der Waals surface area (Å²) in [5.74, 6) is -0.196. The third-order valence-corrected chi connectivity index (χ3v) is 4.62. The van der Waals surface area contributed by atoms with E-state index < -0.39 is 10.0 Å². The standard InChI is InChI=1S/C16H17N3O3S2/c1-2-15(20)18-16(23)17-12-8-10-14(11-9-12)24(21,22)19-13-6-4-3-5-7-13/h3-11,19H,2H2,1H3,(H2,17,18,20,23). The minimum atomic E-state index is -3.66. The molecule has 0 aliphatic heterocycles. The average Bonchev–Trinajstić information content (AvgIpc) is 2.55. The molecule has 0 heterocycles. The van der Waals surface area contributed by atoms with Crippen molar-refractivity contribution < 1.29 is 13.2 Å². The molecule has 0 aliphatic carbocycles. The molecule has 0 saturated heterocycles. The van der Waals surface area contributed by atoms with E-state index in [9.17, 15) is 13.2 Å². The predicted octanol–water partition coefficient (Wildman–Crippen LogP) is 2.71. The van der Waals surface area contributed by atoms with Crippen molar-refractivity contribution in [2.24, 2.45) is 0 Å². The van der Waals surface area contributed by atoms with Gasteiger partial charge >= 0.3 is 0 Å². The molecule has 0 unspecified atom stereocenters. The van der Waals surface area contributed by atoms with E-state index in [2.05, 4.69) is 15.4 Å². The second-order valence-corrected chi connectivity index (χ2v) is 6.94. The number of thiocarbonyl (C=S) groups is 1. The SMILES string of the molecule is CCC(=O)NC(=S)Nc1ccc(S(=O)(=O)Nc2ccccc2)cc1. The molecule has 0 fully saturated rings. The molecule has 24 heavy (non-hydrogen) atoms. The molecule has 8 heteroatoms. The van der Waals surface area contributed by atoms with Gasteiger partial charge in [0.1, 0.15) is 0 Å². The smallest absolute Gasteiger partial charge is 0.261 e. The molecule has 0 radical (unpaired) electrons. The summed E-state index contributed by atoms with van der Waals surface area (Å²) in [6, 6.07) is 14.7. The van der Waals surface area contributed by atoms with Crippen molar-refractivity contribution in [3.63, 3.8) is 0 Å². The summed E-state index contributed by atoms with van der Waals surface area (Å²) in [7, 11) is -3.66. The Bertz CT molecular complexity index is 819. The fourth-order valence-electron chi connectivity index (χ4n) is 1.82. The highest BCUT2D eigenvalue weighted by Gasteiger charge is 2.14. The zero-order chi connectivity index (χ0) is 17.6. The maximum atomic E-state index is 12.3. The van der Waals surface area contributed by atoms with Crippen LogP contribution in [-0.4, -0.2) is 19.4 Å². The summed E-state index contributed by atoms with van der Waals surface area (Å²) in [5.41, 5.74) is 1.07. The van der Waals surface area contributed by atoms with E-state index in [4.69, 9.17) is 12.2 Å². The van der Waals surface area contributed by atoms with Gasteiger partial charge < -0.3 is 10.6 Å². The number of sulfonamides is 1. The first kappa shape index (κ1) is 17.9. The van der Waals surface area contributed by atoms with Gasteiger partial charge in [0.25, 0.3) is 10.0 Å². The Morgan fingerprint density at radius 1 is 1.00 bits per heavy atom. The van der Waals surface area contributed by atoms with Crippen molar-refractivity contribution in [3.8, 4) is 0 Å². The molecule has 0 atom stereocenters. The van der Waals surface area contributed by atoms with Gasteiger partial charge in [-0.05, 0) is 48.6 Å². The first-order valence-electron chi connectivity index (χ1n) is 7.19. The molecule has 2 aromatic rings. The second-order valence-electron chi connectivity index (χ2n) is 4.85. The van der Waals surface area contributed by atoms with Crippen molar-refractivity contribution >= 4 is 44.6 Å². The van der Waals surface area contributed by atoms with Gasteiger partial charge in [0, 0.05) is 17.8 Å². The van der Waals surface area contributed by atoms with Crippen LogP contribution in [-0.2, 0) is 14.8 Å². The lowest BCUT2D eigenvalue weighted by molar-refractivity contribution is -0.119. The summed E-state index contributed by atoms with van der Waals surface area (Å²) in [6.45, 7) is 1.72. The quantitative estimate of drug-likeness (QED) is 0.711. The van der Waals surface area contributed by atoms with Crippen LogP contribution >= 0.6 is 12.2 Å². The van der Waals surface area contributed by atoms with Crippen LogP contribution in [0.15, 0.2) is 59.5 Å². The van der Waals surface area contributed by atoms with Crippen molar-refractivity contribution in [1.82, 2.24) is 5.32 Å². The number of nitrogens with one attached hydrogen (secondary N) is 3. The normalized spacial score (nSPS) is 10.7. The van der Waals surface area contributed by atoms with Crippen LogP contribution in [0.3, 0.4) is 0 Å². The maximum Gasteiger partial charge on any atom is 0.261 e. The summed E-state index contributed by atoms with van der Waals surface area (Å²) < 4.78 is 27.1. The molecule has 1 amide bonds. The van der Waals surface area contributed by atoms with Crippen LogP contribution in [0.5, 0.6) is 0 Å². The topological polar surface area (TPSA) is 87.3 Å². The Morgan fingerprint density at radius 2 is 1.62 bits per heavy atom. The zero-order valence-electron chi connectivity index (χ0n) is 12.9. The van der Waals surface area contributed by atoms with Gasteiger partial charge in [0.2, 0.25) is 5.91 Å². The van der Waals surface area contributed by atoms with Gasteiger partial charge in [0.05, 0.1) is 4.90 Å². The van der Waals surface area contributed by atoms with E-state index in [0.717, 1.165) is 0 Å². The van der Waals surface area contributed by atoms with Gasteiger partial charge in [0.15, 0.2) is 5.11 Å². The lowest BCUT2D eigenvalue weighted by Crippen LogP contribution is -2.33. The lowest BCUT2D eigenvalue weighted by Gasteiger charge is -2.11. The summed E-state index contributed by atoms with van der Waals surface area (Å²) in [4.78, 5) is 11.4. The highest BCUT2D eigenvalue weighted by molar-refractivity contribution is 7.92. The average molecular weight is 363 g/mol. The van der Waals surface area contributed by atoms with E-state index in [-0.39, 0.29) is 15.9 Å². The molecular formula is C16H17N3O3S2. The molecule has 126 valence electrons. The van der Waals surface area contributed by atoms with Gasteiger partial charge in [-0.2, -0.15) is 0 Å². The fourth-order valence-corrected chi connectivity index (χ4v) is 3.11. The molecule has 0 spiro atoms. The number of carbonyl (C=O) groups excluding carboxylic acids is 1. The van der Waals surface area contributed by atoms with E-state index in [0.29, 0.717) is 17.8 Å². The second kappa shape index (κ2) is 7.89. The van der Waals surface area contributed by atoms with Crippen LogP contribution in [0.1, 0.15) is 13.3 Å². The predicted molar refractivity (Wildman–Crippen MR) is 98.3 cm³/mol. The number of hydrogen-bond acceptors (Lipinski definition) is 4. The molecule has 0 aliphatic rings. The molecule has 0 bridgehead atoms. The summed E-state index contributed by atoms with van der Waals surface area (Å²) in [5, 5.41) is 5.49. The Hall–Kier alpha value is -2.45. The van der Waals surface area contributed by atoms with Gasteiger partial charge in [-0.1, -0.05) is 25.1 Å². The van der Waals surface area contributed by atoms with Crippen molar-refractivity contribution in [3.05, 3.63) is 54.6 Å². The molecule has 6 nitrogen and oxygen atoms in total. The number of para-hydroxylation sites is 1. The molecule has 0 aromatic heterocycles. The number of amides is 1. The third-order valence-electron chi connectivity index (χ3n) is 3.02. The highest BCUT2D eigenvalue weighted by atomic mass is 32.2. The molecule has 0 saturated carbocycles. The van der Waals surface area contributed by atoms with Crippen LogP contribution in [0.25, 0.3) is 0 Å². The van der Waals surface area contributed by atoms with Crippen LogP contribution in [0.2, 0.25) is 0 Å². The number of rotatable bonds is 5. The van der Waals surface area contributed by atoms with Crippen LogP contribution in [0, 0.1) is 0 Å². The molecule has 2 aromatic carbocycles. The Kier molecular flexibility index (Phi) is 5.88. The minimum Gasteiger partial charge on any atom is -0.332 e. The Labute approximate surface area is 146 Å². The van der Waals surface area contributed by atoms with Gasteiger partial charge in [-0.3, -0.25) is 9.52 Å². The number of anilines is 2. The number of carbonyl (C=O) groups is 1. The Morgan fingerprint density at radius 3 is 2.21 bits per heavy atom. The van der Waals surface area contributed by atoms with Crippen molar-refractivity contribution in [1.29, 1.82) is 0 Å². The molecule has 3 N–H and O–H groups in total. The first-order chi connectivity index (χ1) is 11.4. The van der Waals surface area contributed by atoms with E-state index in [1.807, 2.05) is 0 Å². The minimum absolute atomic E-state index is 0.125. The summed E-state index contributed by atoms with van der Waals surface area (Å²) >= 11 is 5.00. The lowest BCUT2D eigenvalue weighted by atomic mass is 10.3. The third kappa shape index (κ3) is 5.04. The van der Waals surface area contributed by atoms with Crippen molar-refractivity contribution in [2.75, 3.05) is 10.0 Å². The number of benzene rings is 2. The monoisotopic (exact) mass is 363 g/mol. The maximum absolute atomic E-state index is 12.3. The largest absolute Gasteiger partial charge is 0.332 e. The van der Waals surface area contributed by atoms with E-state index in [1.165, 1.54) is 12.1 Å². The molecule has 2 rings (SSSR count). The van der Waals surface area contributed by atoms with Gasteiger partial charge in [-0.25, -0.2) is 8.42 Å². The first-order valence-corrected chi connectivity index (χ1v) is 9.08. The summed E-state index contributed by atoms with van der Waals surface area (Å²) in [6.07, 6.45) is 0.324. The fraction of sp³-hybridized carbons (Fsp3) is 0.125. The van der Waals surface area contributed by atoms with E-state index in [1.54, 1.807) is 49.4 Å². The zero-order valence-corrected chi connectivity index (χ0v) is 14.6. The van der Waals surface area contributed by atoms with Crippen molar-refractivity contribution in [2.45, 2.75) is 18.2 Å². The number of hydrogen-bond donors (Lipinski definition) is 3. The molecular weight excluding hydrogens is 346 g/mol. The van der Waals surface area contributed by atoms with Crippen LogP contribution < -0.4 is 15.4 Å². The van der Waals surface area contributed by atoms with Crippen LogP contribution in [0.4, 0.5) is 11.4 Å².